The summed E-state index contributed by atoms with van der Waals surface area (Å²) in [6.07, 6.45) is 4.79. The minimum Gasteiger partial charge on any atom is -0.262 e. The molecule has 1 atom stereocenters. The first kappa shape index (κ1) is 11.2. The second-order valence-electron chi connectivity index (χ2n) is 4.49. The molecule has 0 aliphatic heterocycles. The molecular formula is C10H16N2OS. The van der Waals surface area contributed by atoms with E-state index in [0.717, 1.165) is 5.69 Å². The Balaban J connectivity index is 3.14. The van der Waals surface area contributed by atoms with Crippen molar-refractivity contribution < 1.29 is 4.21 Å². The molecule has 3 nitrogen and oxygen atoms in total. The first-order chi connectivity index (χ1) is 6.21. The lowest BCUT2D eigenvalue weighted by atomic mass is 9.93. The van der Waals surface area contributed by atoms with E-state index in [2.05, 4.69) is 36.6 Å². The molecule has 1 aromatic rings. The molecule has 1 aromatic heterocycles. The Morgan fingerprint density at radius 1 is 1.29 bits per heavy atom. The number of nitrogens with zero attached hydrogens (tertiary/aromatic N) is 2. The fraction of sp³-hybridized carbons (Fsp3) is 0.500. The maximum atomic E-state index is 11.5. The molecule has 0 fully saturated rings. The van der Waals surface area contributed by atoms with E-state index in [1.54, 1.807) is 18.6 Å². The molecule has 0 spiro atoms. The van der Waals surface area contributed by atoms with Gasteiger partial charge < -0.3 is 0 Å². The van der Waals surface area contributed by atoms with E-state index in [9.17, 15) is 4.21 Å². The van der Waals surface area contributed by atoms with E-state index >= 15 is 0 Å². The average molecular weight is 212 g/mol. The number of hydrogen-bond acceptors (Lipinski definition) is 3. The van der Waals surface area contributed by atoms with Gasteiger partial charge in [-0.15, -0.1) is 0 Å². The first-order valence-corrected chi connectivity index (χ1v) is 6.49. The van der Waals surface area contributed by atoms with Gasteiger partial charge in [-0.1, -0.05) is 20.8 Å². The molecule has 0 radical (unpaired) electrons. The van der Waals surface area contributed by atoms with Crippen LogP contribution in [0.5, 0.6) is 0 Å². The minimum absolute atomic E-state index is 0.0265. The summed E-state index contributed by atoms with van der Waals surface area (Å²) in [5.74, 6) is 3.56. The summed E-state index contributed by atoms with van der Waals surface area (Å²) >= 11 is 0. The smallest absolute Gasteiger partial charge is 0.136 e. The highest BCUT2D eigenvalue weighted by Gasteiger charge is 2.16. The van der Waals surface area contributed by atoms with Gasteiger partial charge in [-0.25, -0.2) is 4.98 Å². The molecule has 0 aromatic carbocycles. The summed E-state index contributed by atoms with van der Waals surface area (Å²) in [4.78, 5) is 8.35. The number of aromatic nitrogens is 2. The molecule has 14 heavy (non-hydrogen) atoms. The topological polar surface area (TPSA) is 42.9 Å². The first-order valence-electron chi connectivity index (χ1n) is 4.36. The molecule has 0 bridgehead atoms. The van der Waals surface area contributed by atoms with E-state index < -0.39 is 9.52 Å². The van der Waals surface area contributed by atoms with Gasteiger partial charge in [0.25, 0.3) is 0 Å². The summed E-state index contributed by atoms with van der Waals surface area (Å²) < 4.78 is 11.5. The normalized spacial score (nSPS) is 16.3. The van der Waals surface area contributed by atoms with Crippen LogP contribution in [-0.2, 0) is 14.9 Å². The highest BCUT2D eigenvalue weighted by atomic mass is 32.2. The van der Waals surface area contributed by atoms with E-state index in [-0.39, 0.29) is 5.41 Å². The van der Waals surface area contributed by atoms with Crippen LogP contribution in [0.25, 0.3) is 0 Å². The third-order valence-corrected chi connectivity index (χ3v) is 2.93. The Morgan fingerprint density at radius 2 is 1.86 bits per heavy atom. The van der Waals surface area contributed by atoms with Crippen molar-refractivity contribution in [2.75, 3.05) is 6.26 Å². The van der Waals surface area contributed by atoms with Crippen molar-refractivity contribution in [2.24, 2.45) is 0 Å². The maximum absolute atomic E-state index is 11.5. The fourth-order valence-corrected chi connectivity index (χ4v) is 1.48. The Bertz CT molecular complexity index is 412. The van der Waals surface area contributed by atoms with Crippen LogP contribution < -0.4 is 0 Å². The van der Waals surface area contributed by atoms with Gasteiger partial charge in [-0.05, 0) is 5.87 Å². The van der Waals surface area contributed by atoms with Crippen molar-refractivity contribution in [2.45, 2.75) is 31.2 Å². The molecule has 0 aliphatic carbocycles. The Kier molecular flexibility index (Phi) is 2.67. The predicted molar refractivity (Wildman–Crippen MR) is 60.2 cm³/mol. The van der Waals surface area contributed by atoms with E-state index in [1.807, 2.05) is 0 Å². The van der Waals surface area contributed by atoms with Crippen molar-refractivity contribution in [1.29, 1.82) is 0 Å². The lowest BCUT2D eigenvalue weighted by molar-refractivity contribution is 0.562. The Morgan fingerprint density at radius 3 is 2.14 bits per heavy atom. The molecule has 1 unspecified atom stereocenters. The van der Waals surface area contributed by atoms with Gasteiger partial charge in [0, 0.05) is 21.2 Å². The largest absolute Gasteiger partial charge is 0.262 e. The summed E-state index contributed by atoms with van der Waals surface area (Å²) in [6.45, 7) is 6.18. The van der Waals surface area contributed by atoms with Crippen molar-refractivity contribution in [3.63, 3.8) is 0 Å². The van der Waals surface area contributed by atoms with Gasteiger partial charge in [-0.3, -0.25) is 9.19 Å². The molecule has 0 saturated carbocycles. The van der Waals surface area contributed by atoms with E-state index in [0.29, 0.717) is 5.03 Å². The van der Waals surface area contributed by atoms with Crippen LogP contribution in [0, 0.1) is 0 Å². The molecule has 0 amide bonds. The lowest BCUT2D eigenvalue weighted by Gasteiger charge is -2.16. The Labute approximate surface area is 85.6 Å². The number of rotatable bonds is 1. The van der Waals surface area contributed by atoms with Gasteiger partial charge in [0.05, 0.1) is 18.1 Å². The summed E-state index contributed by atoms with van der Waals surface area (Å²) in [6, 6.07) is 0. The van der Waals surface area contributed by atoms with Gasteiger partial charge in [-0.2, -0.15) is 0 Å². The molecule has 0 aliphatic rings. The maximum Gasteiger partial charge on any atom is 0.136 e. The second-order valence-corrected chi connectivity index (χ2v) is 6.92. The molecule has 0 N–H and O–H groups in total. The van der Waals surface area contributed by atoms with Gasteiger partial charge in [0.2, 0.25) is 0 Å². The molecule has 0 saturated heterocycles. The zero-order valence-corrected chi connectivity index (χ0v) is 9.89. The summed E-state index contributed by atoms with van der Waals surface area (Å²) in [7, 11) is -2.24. The monoisotopic (exact) mass is 212 g/mol. The van der Waals surface area contributed by atoms with Crippen molar-refractivity contribution in [3.05, 3.63) is 18.1 Å². The van der Waals surface area contributed by atoms with Crippen LogP contribution >= 0.6 is 0 Å². The van der Waals surface area contributed by atoms with Crippen LogP contribution in [0.2, 0.25) is 0 Å². The fourth-order valence-electron chi connectivity index (χ4n) is 0.926. The third-order valence-electron chi connectivity index (χ3n) is 1.84. The van der Waals surface area contributed by atoms with Gasteiger partial charge >= 0.3 is 0 Å². The van der Waals surface area contributed by atoms with Crippen LogP contribution in [0.4, 0.5) is 0 Å². The van der Waals surface area contributed by atoms with Gasteiger partial charge in [0.15, 0.2) is 0 Å². The van der Waals surface area contributed by atoms with Crippen LogP contribution in [-0.4, -0.2) is 26.3 Å². The molecular weight excluding hydrogens is 196 g/mol. The zero-order valence-electron chi connectivity index (χ0n) is 9.07. The predicted octanol–water partition coefficient (Wildman–Crippen LogP) is 1.48. The quantitative estimate of drug-likeness (QED) is 0.662. The van der Waals surface area contributed by atoms with Gasteiger partial charge in [0.1, 0.15) is 5.03 Å². The molecule has 1 heterocycles. The summed E-state index contributed by atoms with van der Waals surface area (Å²) in [5.41, 5.74) is 0.867. The van der Waals surface area contributed by atoms with Crippen molar-refractivity contribution in [3.8, 4) is 0 Å². The highest BCUT2D eigenvalue weighted by Crippen LogP contribution is 2.19. The zero-order chi connectivity index (χ0) is 11.0. The van der Waals surface area contributed by atoms with E-state index in [4.69, 9.17) is 0 Å². The standard InChI is InChI=1S/C10H16N2OS/c1-10(2,3)8-6-12-9(7-11-8)14(4,5)13/h6-7H,4H2,1-3,5H3. The molecule has 78 valence electrons. The Hall–Kier alpha value is -0.900. The minimum atomic E-state index is -2.24. The summed E-state index contributed by atoms with van der Waals surface area (Å²) in [5, 5.41) is 0.463. The van der Waals surface area contributed by atoms with Crippen LogP contribution in [0.1, 0.15) is 26.5 Å². The van der Waals surface area contributed by atoms with Crippen LogP contribution in [0.3, 0.4) is 0 Å². The number of hydrogen-bond donors (Lipinski definition) is 0. The van der Waals surface area contributed by atoms with Crippen LogP contribution in [0.15, 0.2) is 17.4 Å². The average Bonchev–Trinajstić information content (AvgIpc) is 2.01. The highest BCUT2D eigenvalue weighted by molar-refractivity contribution is 7.99. The molecule has 4 heteroatoms. The lowest BCUT2D eigenvalue weighted by Crippen LogP contribution is -2.14. The SMILES string of the molecule is C=S(C)(=O)c1cnc(C(C)(C)C)cn1. The van der Waals surface area contributed by atoms with Crippen molar-refractivity contribution >= 4 is 15.4 Å². The van der Waals surface area contributed by atoms with E-state index in [1.165, 1.54) is 0 Å². The third kappa shape index (κ3) is 2.54. The second kappa shape index (κ2) is 3.35. The van der Waals surface area contributed by atoms with Crippen molar-refractivity contribution in [1.82, 2.24) is 9.97 Å². The molecule has 1 rings (SSSR count).